The van der Waals surface area contributed by atoms with Crippen LogP contribution < -0.4 is 10.7 Å². The van der Waals surface area contributed by atoms with Crippen molar-refractivity contribution >= 4 is 29.6 Å². The molecule has 1 saturated carbocycles. The summed E-state index contributed by atoms with van der Waals surface area (Å²) in [6, 6.07) is 9.61. The molecule has 2 aliphatic rings. The zero-order valence-electron chi connectivity index (χ0n) is 19.4. The Kier molecular flexibility index (Phi) is 6.78. The second-order valence-electron chi connectivity index (χ2n) is 9.09. The third-order valence-electron chi connectivity index (χ3n) is 6.63. The fourth-order valence-corrected chi connectivity index (χ4v) is 5.52. The van der Waals surface area contributed by atoms with Crippen molar-refractivity contribution < 1.29 is 14.4 Å². The fraction of sp³-hybridized carbons (Fsp3) is 0.500. The normalized spacial score (nSPS) is 21.0. The summed E-state index contributed by atoms with van der Waals surface area (Å²) in [7, 11) is 0. The Morgan fingerprint density at radius 2 is 1.91 bits per heavy atom. The van der Waals surface area contributed by atoms with Gasteiger partial charge in [-0.15, -0.1) is 0 Å². The fourth-order valence-electron chi connectivity index (χ4n) is 4.57. The maximum atomic E-state index is 12.9. The molecule has 8 nitrogen and oxygen atoms in total. The molecule has 2 aromatic rings. The number of carbonyl (C=O) groups is 3. The van der Waals surface area contributed by atoms with Crippen LogP contribution in [0.3, 0.4) is 0 Å². The van der Waals surface area contributed by atoms with Gasteiger partial charge in [0.25, 0.3) is 5.91 Å². The lowest BCUT2D eigenvalue weighted by Crippen LogP contribution is -2.49. The number of nitrogens with one attached hydrogen (secondary N) is 2. The maximum Gasteiger partial charge on any atom is 0.344 e. The number of amides is 4. The van der Waals surface area contributed by atoms with Crippen LogP contribution >= 0.6 is 11.8 Å². The number of hydrazine groups is 1. The first-order chi connectivity index (χ1) is 15.8. The van der Waals surface area contributed by atoms with Gasteiger partial charge in [-0.2, -0.15) is 5.01 Å². The summed E-state index contributed by atoms with van der Waals surface area (Å²) in [6.07, 6.45) is 5.76. The average Bonchev–Trinajstić information content (AvgIpc) is 3.47. The Morgan fingerprint density at radius 1 is 1.21 bits per heavy atom. The molecule has 0 spiro atoms. The van der Waals surface area contributed by atoms with Gasteiger partial charge in [0.2, 0.25) is 5.91 Å². The van der Waals surface area contributed by atoms with E-state index >= 15 is 0 Å². The molecule has 1 atom stereocenters. The van der Waals surface area contributed by atoms with Gasteiger partial charge in [-0.25, -0.2) is 9.78 Å². The molecule has 4 rings (SSSR count). The van der Waals surface area contributed by atoms with Crippen LogP contribution in [0.5, 0.6) is 0 Å². The summed E-state index contributed by atoms with van der Waals surface area (Å²) in [6.45, 7) is 5.74. The molecule has 1 aromatic carbocycles. The highest BCUT2D eigenvalue weighted by Gasteiger charge is 2.48. The number of imidazole rings is 1. The summed E-state index contributed by atoms with van der Waals surface area (Å²) in [4.78, 5) is 42.7. The first-order valence-corrected chi connectivity index (χ1v) is 12.5. The molecule has 2 fully saturated rings. The lowest BCUT2D eigenvalue weighted by Gasteiger charge is -2.21. The third-order valence-corrected chi connectivity index (χ3v) is 7.58. The van der Waals surface area contributed by atoms with Crippen LogP contribution in [0, 0.1) is 13.8 Å². The standard InChI is InChI=1S/C24H31N5O3S/c1-16-17(2)28(19-11-7-8-12-19)23(25-16)33-15-20(30)27-29-21(31)24(3,26-22(29)32)14-13-18-9-5-4-6-10-18/h4-6,9-10,19H,7-8,11-15H2,1-3H3,(H,26,32)(H,27,30)/t24-/m1/s1. The third kappa shape index (κ3) is 4.93. The number of urea groups is 1. The lowest BCUT2D eigenvalue weighted by molar-refractivity contribution is -0.138. The number of carbonyl (C=O) groups excluding carboxylic acids is 3. The molecular formula is C24H31N5O3S. The zero-order chi connectivity index (χ0) is 23.6. The van der Waals surface area contributed by atoms with Crippen LogP contribution in [-0.2, 0) is 16.0 Å². The van der Waals surface area contributed by atoms with Crippen molar-refractivity contribution in [2.24, 2.45) is 0 Å². The SMILES string of the molecule is Cc1nc(SCC(=O)NN2C(=O)N[C@](C)(CCc3ccccc3)C2=O)n(C2CCCC2)c1C. The van der Waals surface area contributed by atoms with E-state index in [0.717, 1.165) is 40.0 Å². The van der Waals surface area contributed by atoms with Crippen molar-refractivity contribution in [1.82, 2.24) is 25.3 Å². The highest BCUT2D eigenvalue weighted by Crippen LogP contribution is 2.35. The molecule has 1 aromatic heterocycles. The van der Waals surface area contributed by atoms with Crippen LogP contribution in [0.1, 0.15) is 62.0 Å². The molecule has 1 saturated heterocycles. The number of nitrogens with zero attached hydrogens (tertiary/aromatic N) is 3. The Labute approximate surface area is 198 Å². The van der Waals surface area contributed by atoms with E-state index in [1.54, 1.807) is 6.92 Å². The summed E-state index contributed by atoms with van der Waals surface area (Å²) in [5, 5.41) is 4.37. The largest absolute Gasteiger partial charge is 0.344 e. The monoisotopic (exact) mass is 469 g/mol. The molecule has 9 heteroatoms. The maximum absolute atomic E-state index is 12.9. The van der Waals surface area contributed by atoms with E-state index in [9.17, 15) is 14.4 Å². The van der Waals surface area contributed by atoms with Crippen molar-refractivity contribution in [3.8, 4) is 0 Å². The molecule has 1 aliphatic carbocycles. The predicted molar refractivity (Wildman–Crippen MR) is 127 cm³/mol. The Balaban J connectivity index is 1.35. The van der Waals surface area contributed by atoms with E-state index in [4.69, 9.17) is 0 Å². The summed E-state index contributed by atoms with van der Waals surface area (Å²) in [5.41, 5.74) is 4.62. The zero-order valence-corrected chi connectivity index (χ0v) is 20.2. The Hall–Kier alpha value is -2.81. The first-order valence-electron chi connectivity index (χ1n) is 11.5. The number of hydrogen-bond donors (Lipinski definition) is 2. The molecule has 33 heavy (non-hydrogen) atoms. The minimum absolute atomic E-state index is 0.0698. The molecule has 4 amide bonds. The molecule has 176 valence electrons. The van der Waals surface area contributed by atoms with Crippen LogP contribution in [0.15, 0.2) is 35.5 Å². The molecule has 2 heterocycles. The number of rotatable bonds is 8. The number of aromatic nitrogens is 2. The first kappa shape index (κ1) is 23.4. The minimum Gasteiger partial charge on any atom is -0.322 e. The van der Waals surface area contributed by atoms with Crippen molar-refractivity contribution in [3.05, 3.63) is 47.3 Å². The summed E-state index contributed by atoms with van der Waals surface area (Å²) in [5.74, 6) is -0.784. The van der Waals surface area contributed by atoms with Gasteiger partial charge in [0.15, 0.2) is 5.16 Å². The Bertz CT molecular complexity index is 1050. The van der Waals surface area contributed by atoms with Crippen LogP contribution in [0.25, 0.3) is 0 Å². The van der Waals surface area contributed by atoms with Gasteiger partial charge in [0.1, 0.15) is 5.54 Å². The topological polar surface area (TPSA) is 96.3 Å². The van der Waals surface area contributed by atoms with Crippen LogP contribution in [0.4, 0.5) is 4.79 Å². The second-order valence-corrected chi connectivity index (χ2v) is 10.0. The Morgan fingerprint density at radius 3 is 2.61 bits per heavy atom. The highest BCUT2D eigenvalue weighted by molar-refractivity contribution is 7.99. The van der Waals surface area contributed by atoms with E-state index in [0.29, 0.717) is 18.9 Å². The van der Waals surface area contributed by atoms with E-state index in [-0.39, 0.29) is 5.75 Å². The number of benzene rings is 1. The van der Waals surface area contributed by atoms with Gasteiger partial charge in [-0.05, 0) is 52.0 Å². The highest BCUT2D eigenvalue weighted by atomic mass is 32.2. The van der Waals surface area contributed by atoms with Crippen LogP contribution in [-0.4, -0.2) is 43.7 Å². The average molecular weight is 470 g/mol. The molecule has 1 aliphatic heterocycles. The molecule has 0 bridgehead atoms. The number of aryl methyl sites for hydroxylation is 2. The summed E-state index contributed by atoms with van der Waals surface area (Å²) < 4.78 is 2.24. The van der Waals surface area contributed by atoms with E-state index in [1.165, 1.54) is 24.6 Å². The van der Waals surface area contributed by atoms with Gasteiger partial charge in [0.05, 0.1) is 11.4 Å². The predicted octanol–water partition coefficient (Wildman–Crippen LogP) is 3.68. The van der Waals surface area contributed by atoms with Gasteiger partial charge in [-0.1, -0.05) is 54.9 Å². The minimum atomic E-state index is -1.06. The second kappa shape index (κ2) is 9.59. The number of thioether (sulfide) groups is 1. The van der Waals surface area contributed by atoms with Gasteiger partial charge in [0, 0.05) is 11.7 Å². The van der Waals surface area contributed by atoms with Gasteiger partial charge in [-0.3, -0.25) is 15.0 Å². The van der Waals surface area contributed by atoms with Crippen molar-refractivity contribution in [3.63, 3.8) is 0 Å². The van der Waals surface area contributed by atoms with Crippen molar-refractivity contribution in [2.75, 3.05) is 5.75 Å². The summed E-state index contributed by atoms with van der Waals surface area (Å²) >= 11 is 1.34. The number of hydrogen-bond acceptors (Lipinski definition) is 5. The van der Waals surface area contributed by atoms with E-state index < -0.39 is 23.4 Å². The van der Waals surface area contributed by atoms with E-state index in [2.05, 4.69) is 27.2 Å². The smallest absolute Gasteiger partial charge is 0.322 e. The van der Waals surface area contributed by atoms with Gasteiger partial charge >= 0.3 is 6.03 Å². The molecule has 0 unspecified atom stereocenters. The lowest BCUT2D eigenvalue weighted by atomic mass is 9.93. The van der Waals surface area contributed by atoms with Crippen molar-refractivity contribution in [2.45, 2.75) is 76.0 Å². The van der Waals surface area contributed by atoms with Gasteiger partial charge < -0.3 is 9.88 Å². The molecular weight excluding hydrogens is 438 g/mol. The van der Waals surface area contributed by atoms with Crippen molar-refractivity contribution in [1.29, 1.82) is 0 Å². The number of imide groups is 1. The van der Waals surface area contributed by atoms with E-state index in [1.807, 2.05) is 37.3 Å². The molecule has 2 N–H and O–H groups in total. The van der Waals surface area contributed by atoms with Crippen LogP contribution in [0.2, 0.25) is 0 Å². The molecule has 0 radical (unpaired) electrons. The quantitative estimate of drug-likeness (QED) is 0.454.